The topological polar surface area (TPSA) is 45.1 Å². The molecule has 12 heavy (non-hydrogen) atoms. The minimum Gasteiger partial charge on any atom is -0.382 e. The van der Waals surface area contributed by atoms with Gasteiger partial charge in [0.1, 0.15) is 5.60 Å². The minimum atomic E-state index is -0.823. The molecule has 0 saturated heterocycles. The predicted octanol–water partition coefficient (Wildman–Crippen LogP) is 1.48. The Labute approximate surface area is 79.0 Å². The van der Waals surface area contributed by atoms with E-state index in [1.54, 1.807) is 13.1 Å². The van der Waals surface area contributed by atoms with Gasteiger partial charge in [0.05, 0.1) is 11.4 Å². The summed E-state index contributed by atoms with van der Waals surface area (Å²) in [4.78, 5) is 4.15. The zero-order valence-electron chi connectivity index (χ0n) is 6.63. The van der Waals surface area contributed by atoms with Crippen LogP contribution >= 0.6 is 15.9 Å². The lowest BCUT2D eigenvalue weighted by Crippen LogP contribution is -2.23. The van der Waals surface area contributed by atoms with E-state index in [0.717, 1.165) is 15.9 Å². The molecule has 3 nitrogen and oxygen atoms in total. The molecule has 0 saturated carbocycles. The highest BCUT2D eigenvalue weighted by molar-refractivity contribution is 9.10. The zero-order chi connectivity index (χ0) is 8.77. The summed E-state index contributed by atoms with van der Waals surface area (Å²) in [6.45, 7) is 2.29. The second-order valence-electron chi connectivity index (χ2n) is 3.18. The van der Waals surface area contributed by atoms with Gasteiger partial charge in [-0.3, -0.25) is 4.98 Å². The molecule has 4 heteroatoms. The fourth-order valence-corrected chi connectivity index (χ4v) is 1.69. The molecule has 1 aromatic heterocycles. The quantitative estimate of drug-likeness (QED) is 0.708. The van der Waals surface area contributed by atoms with Crippen LogP contribution in [0.15, 0.2) is 16.7 Å². The Morgan fingerprint density at radius 2 is 2.50 bits per heavy atom. The Kier molecular flexibility index (Phi) is 1.63. The monoisotopic (exact) mass is 228 g/mol. The second-order valence-corrected chi connectivity index (χ2v) is 4.09. The second kappa shape index (κ2) is 2.44. The first-order valence-corrected chi connectivity index (χ1v) is 4.51. The van der Waals surface area contributed by atoms with E-state index in [2.05, 4.69) is 26.2 Å². The van der Waals surface area contributed by atoms with Crippen molar-refractivity contribution < 1.29 is 5.11 Å². The first kappa shape index (κ1) is 8.01. The van der Waals surface area contributed by atoms with E-state index in [9.17, 15) is 5.11 Å². The molecule has 1 aromatic rings. The van der Waals surface area contributed by atoms with Gasteiger partial charge in [-0.2, -0.15) is 0 Å². The van der Waals surface area contributed by atoms with Gasteiger partial charge >= 0.3 is 0 Å². The lowest BCUT2D eigenvalue weighted by molar-refractivity contribution is 0.0751. The van der Waals surface area contributed by atoms with Gasteiger partial charge in [-0.15, -0.1) is 0 Å². The molecule has 0 fully saturated rings. The lowest BCUT2D eigenvalue weighted by atomic mass is 10.1. The third-order valence-electron chi connectivity index (χ3n) is 1.99. The molecule has 0 bridgehead atoms. The number of nitrogens with one attached hydrogen (secondary N) is 1. The Balaban J connectivity index is 2.55. The fraction of sp³-hybridized carbons (Fsp3) is 0.375. The number of anilines is 1. The van der Waals surface area contributed by atoms with Crippen molar-refractivity contribution in [3.8, 4) is 0 Å². The van der Waals surface area contributed by atoms with Crippen molar-refractivity contribution in [2.45, 2.75) is 12.5 Å². The smallest absolute Gasteiger partial charge is 0.123 e. The number of halogens is 1. The molecule has 2 heterocycles. The molecule has 1 unspecified atom stereocenters. The molecular weight excluding hydrogens is 220 g/mol. The van der Waals surface area contributed by atoms with Gasteiger partial charge in [-0.05, 0) is 28.9 Å². The van der Waals surface area contributed by atoms with E-state index < -0.39 is 5.60 Å². The van der Waals surface area contributed by atoms with Gasteiger partial charge in [0.2, 0.25) is 0 Å². The first-order chi connectivity index (χ1) is 5.59. The van der Waals surface area contributed by atoms with Crippen molar-refractivity contribution in [1.29, 1.82) is 0 Å². The average Bonchev–Trinajstić information content (AvgIpc) is 2.27. The normalized spacial score (nSPS) is 26.6. The van der Waals surface area contributed by atoms with Crippen LogP contribution in [0.3, 0.4) is 0 Å². The molecule has 0 aliphatic carbocycles. The molecule has 0 radical (unpaired) electrons. The van der Waals surface area contributed by atoms with Crippen LogP contribution in [0, 0.1) is 0 Å². The van der Waals surface area contributed by atoms with Crippen molar-refractivity contribution in [3.05, 3.63) is 22.4 Å². The maximum atomic E-state index is 9.80. The van der Waals surface area contributed by atoms with Crippen molar-refractivity contribution in [3.63, 3.8) is 0 Å². The molecule has 0 aromatic carbocycles. The number of hydrogen-bond acceptors (Lipinski definition) is 3. The van der Waals surface area contributed by atoms with Crippen molar-refractivity contribution in [2.24, 2.45) is 0 Å². The number of hydrogen-bond donors (Lipinski definition) is 2. The summed E-state index contributed by atoms with van der Waals surface area (Å²) in [6, 6.07) is 1.92. The number of aromatic nitrogens is 1. The number of β-amino-alcohol motifs (C(OH)–C–C–N with tert-alkyl or cyclic N) is 1. The largest absolute Gasteiger partial charge is 0.382 e. The van der Waals surface area contributed by atoms with Crippen LogP contribution in [0.1, 0.15) is 12.6 Å². The number of aliphatic hydroxyl groups is 1. The van der Waals surface area contributed by atoms with Gasteiger partial charge in [-0.25, -0.2) is 0 Å². The average molecular weight is 229 g/mol. The summed E-state index contributed by atoms with van der Waals surface area (Å²) in [5, 5.41) is 12.9. The van der Waals surface area contributed by atoms with E-state index >= 15 is 0 Å². The van der Waals surface area contributed by atoms with Crippen LogP contribution < -0.4 is 5.32 Å². The Morgan fingerprint density at radius 1 is 1.75 bits per heavy atom. The van der Waals surface area contributed by atoms with Crippen molar-refractivity contribution >= 4 is 21.6 Å². The predicted molar refractivity (Wildman–Crippen MR) is 50.0 cm³/mol. The summed E-state index contributed by atoms with van der Waals surface area (Å²) >= 11 is 3.32. The fourth-order valence-electron chi connectivity index (χ4n) is 1.35. The van der Waals surface area contributed by atoms with Crippen LogP contribution in [0.25, 0.3) is 0 Å². The molecule has 2 rings (SSSR count). The molecule has 64 valence electrons. The Bertz CT molecular complexity index is 325. The molecule has 2 N–H and O–H groups in total. The van der Waals surface area contributed by atoms with E-state index in [1.807, 2.05) is 6.07 Å². The van der Waals surface area contributed by atoms with Gasteiger partial charge in [0.25, 0.3) is 0 Å². The summed E-state index contributed by atoms with van der Waals surface area (Å²) in [7, 11) is 0. The summed E-state index contributed by atoms with van der Waals surface area (Å²) in [5.41, 5.74) is 0.816. The van der Waals surface area contributed by atoms with E-state index in [1.165, 1.54) is 0 Å². The summed E-state index contributed by atoms with van der Waals surface area (Å²) in [6.07, 6.45) is 1.69. The number of nitrogens with zero attached hydrogens (tertiary/aromatic N) is 1. The van der Waals surface area contributed by atoms with Crippen LogP contribution in [0.5, 0.6) is 0 Å². The minimum absolute atomic E-state index is 0.534. The summed E-state index contributed by atoms with van der Waals surface area (Å²) < 4.78 is 0.923. The molecule has 0 spiro atoms. The first-order valence-electron chi connectivity index (χ1n) is 3.72. The molecule has 1 atom stereocenters. The Hall–Kier alpha value is -0.610. The van der Waals surface area contributed by atoms with Gasteiger partial charge < -0.3 is 10.4 Å². The molecule has 1 aliphatic rings. The van der Waals surface area contributed by atoms with Crippen molar-refractivity contribution in [1.82, 2.24) is 4.98 Å². The van der Waals surface area contributed by atoms with Gasteiger partial charge in [0.15, 0.2) is 0 Å². The van der Waals surface area contributed by atoms with Gasteiger partial charge in [-0.1, -0.05) is 0 Å². The maximum Gasteiger partial charge on any atom is 0.123 e. The number of pyridine rings is 1. The standard InChI is InChI=1S/C8H9BrN2O/c1-8(12)4-11-6-2-5(9)3-10-7(6)8/h2-3,11-12H,4H2,1H3. The van der Waals surface area contributed by atoms with E-state index in [4.69, 9.17) is 0 Å². The van der Waals surface area contributed by atoms with E-state index in [-0.39, 0.29) is 0 Å². The highest BCUT2D eigenvalue weighted by Gasteiger charge is 2.33. The SMILES string of the molecule is CC1(O)CNc2cc(Br)cnc21. The zero-order valence-corrected chi connectivity index (χ0v) is 8.22. The molecular formula is C8H9BrN2O. The number of fused-ring (bicyclic) bond motifs is 1. The van der Waals surface area contributed by atoms with Crippen LogP contribution in [0.2, 0.25) is 0 Å². The maximum absolute atomic E-state index is 9.80. The molecule has 0 amide bonds. The molecule has 1 aliphatic heterocycles. The Morgan fingerprint density at radius 3 is 3.25 bits per heavy atom. The van der Waals surface area contributed by atoms with Gasteiger partial charge in [0, 0.05) is 17.2 Å². The van der Waals surface area contributed by atoms with E-state index in [0.29, 0.717) is 6.54 Å². The lowest BCUT2D eigenvalue weighted by Gasteiger charge is -2.13. The van der Waals surface area contributed by atoms with Crippen LogP contribution in [-0.2, 0) is 5.60 Å². The van der Waals surface area contributed by atoms with Crippen LogP contribution in [-0.4, -0.2) is 16.6 Å². The summed E-state index contributed by atoms with van der Waals surface area (Å²) in [5.74, 6) is 0. The highest BCUT2D eigenvalue weighted by Crippen LogP contribution is 2.33. The third-order valence-corrected chi connectivity index (χ3v) is 2.42. The van der Waals surface area contributed by atoms with Crippen molar-refractivity contribution in [2.75, 3.05) is 11.9 Å². The number of rotatable bonds is 0. The third kappa shape index (κ3) is 1.11. The highest BCUT2D eigenvalue weighted by atomic mass is 79.9. The van der Waals surface area contributed by atoms with Crippen LogP contribution in [0.4, 0.5) is 5.69 Å².